The zero-order valence-corrected chi connectivity index (χ0v) is 14.2. The predicted molar refractivity (Wildman–Crippen MR) is 93.1 cm³/mol. The Bertz CT molecular complexity index is 626. The van der Waals surface area contributed by atoms with Gasteiger partial charge in [0.05, 0.1) is 12.8 Å². The first-order chi connectivity index (χ1) is 11.2. The standard InChI is InChI=1S/C18H22N2O2S/c1-19-10-8-15(9-11-19)20(14-16-4-2-12-22-16)18(21)7-6-17-5-3-13-23-17/h2-7,12-13,15H,8-11,14H2,1H3/b7-6+. The number of amides is 1. The topological polar surface area (TPSA) is 36.7 Å². The molecule has 2 aromatic heterocycles. The molecular formula is C18H22N2O2S. The summed E-state index contributed by atoms with van der Waals surface area (Å²) in [6, 6.07) is 8.08. The van der Waals surface area contributed by atoms with Crippen LogP contribution in [0.1, 0.15) is 23.5 Å². The average Bonchev–Trinajstić information content (AvgIpc) is 3.25. The highest BCUT2D eigenvalue weighted by Gasteiger charge is 2.26. The van der Waals surface area contributed by atoms with Gasteiger partial charge in [0.15, 0.2) is 0 Å². The van der Waals surface area contributed by atoms with Gasteiger partial charge in [-0.1, -0.05) is 6.07 Å². The van der Waals surface area contributed by atoms with Gasteiger partial charge in [-0.15, -0.1) is 11.3 Å². The molecular weight excluding hydrogens is 308 g/mol. The van der Waals surface area contributed by atoms with E-state index >= 15 is 0 Å². The predicted octanol–water partition coefficient (Wildman–Crippen LogP) is 3.48. The van der Waals surface area contributed by atoms with Gasteiger partial charge in [-0.25, -0.2) is 0 Å². The molecule has 3 rings (SSSR count). The second kappa shape index (κ2) is 7.62. The minimum Gasteiger partial charge on any atom is -0.467 e. The third-order valence-electron chi connectivity index (χ3n) is 4.25. The molecule has 1 aliphatic rings. The van der Waals surface area contributed by atoms with E-state index in [4.69, 9.17) is 4.42 Å². The Morgan fingerprint density at radius 2 is 2.22 bits per heavy atom. The second-order valence-corrected chi connectivity index (χ2v) is 6.91. The lowest BCUT2D eigenvalue weighted by Gasteiger charge is -2.36. The van der Waals surface area contributed by atoms with Crippen LogP contribution in [0.15, 0.2) is 46.4 Å². The molecule has 0 aromatic carbocycles. The van der Waals surface area contributed by atoms with E-state index in [-0.39, 0.29) is 11.9 Å². The van der Waals surface area contributed by atoms with Gasteiger partial charge in [-0.05, 0) is 62.6 Å². The van der Waals surface area contributed by atoms with Crippen LogP contribution in [0.2, 0.25) is 0 Å². The third kappa shape index (κ3) is 4.33. The van der Waals surface area contributed by atoms with Crippen LogP contribution in [-0.4, -0.2) is 41.9 Å². The maximum absolute atomic E-state index is 12.7. The van der Waals surface area contributed by atoms with E-state index in [2.05, 4.69) is 11.9 Å². The van der Waals surface area contributed by atoms with Crippen molar-refractivity contribution in [2.24, 2.45) is 0 Å². The van der Waals surface area contributed by atoms with Gasteiger partial charge in [-0.3, -0.25) is 4.79 Å². The molecule has 1 aliphatic heterocycles. The molecule has 2 aromatic rings. The van der Waals surface area contributed by atoms with Crippen molar-refractivity contribution >= 4 is 23.3 Å². The van der Waals surface area contributed by atoms with E-state index in [1.54, 1.807) is 23.7 Å². The first-order valence-corrected chi connectivity index (χ1v) is 8.83. The Hall–Kier alpha value is -1.85. The first kappa shape index (κ1) is 16.0. The molecule has 5 heteroatoms. The summed E-state index contributed by atoms with van der Waals surface area (Å²) in [5.41, 5.74) is 0. The van der Waals surface area contributed by atoms with Crippen LogP contribution in [0.4, 0.5) is 0 Å². The van der Waals surface area contributed by atoms with Gasteiger partial charge < -0.3 is 14.2 Å². The summed E-state index contributed by atoms with van der Waals surface area (Å²) in [4.78, 5) is 18.1. The largest absolute Gasteiger partial charge is 0.467 e. The van der Waals surface area contributed by atoms with Gasteiger partial charge in [0.2, 0.25) is 5.91 Å². The van der Waals surface area contributed by atoms with Crippen molar-refractivity contribution in [3.63, 3.8) is 0 Å². The minimum absolute atomic E-state index is 0.0596. The number of piperidine rings is 1. The summed E-state index contributed by atoms with van der Waals surface area (Å²) >= 11 is 1.64. The van der Waals surface area contributed by atoms with Crippen LogP contribution in [0.3, 0.4) is 0 Å². The van der Waals surface area contributed by atoms with Crippen LogP contribution in [-0.2, 0) is 11.3 Å². The maximum Gasteiger partial charge on any atom is 0.247 e. The number of furan rings is 1. The number of rotatable bonds is 5. The fourth-order valence-corrected chi connectivity index (χ4v) is 3.52. The highest BCUT2D eigenvalue weighted by atomic mass is 32.1. The average molecular weight is 330 g/mol. The van der Waals surface area contributed by atoms with E-state index < -0.39 is 0 Å². The third-order valence-corrected chi connectivity index (χ3v) is 5.09. The molecule has 0 saturated carbocycles. The summed E-state index contributed by atoms with van der Waals surface area (Å²) in [6.45, 7) is 2.59. The minimum atomic E-state index is 0.0596. The molecule has 23 heavy (non-hydrogen) atoms. The van der Waals surface area contributed by atoms with Crippen molar-refractivity contribution in [2.45, 2.75) is 25.4 Å². The van der Waals surface area contributed by atoms with E-state index in [0.29, 0.717) is 6.54 Å². The Labute approximate surface area is 141 Å². The number of carbonyl (C=O) groups excluding carboxylic acids is 1. The van der Waals surface area contributed by atoms with Crippen LogP contribution < -0.4 is 0 Å². The lowest BCUT2D eigenvalue weighted by molar-refractivity contribution is -0.130. The van der Waals surface area contributed by atoms with Crippen molar-refractivity contribution in [2.75, 3.05) is 20.1 Å². The molecule has 122 valence electrons. The summed E-state index contributed by atoms with van der Waals surface area (Å²) in [6.07, 6.45) is 7.27. The van der Waals surface area contributed by atoms with E-state index in [1.807, 2.05) is 40.6 Å². The van der Waals surface area contributed by atoms with Gasteiger partial charge >= 0.3 is 0 Å². The molecule has 0 bridgehead atoms. The molecule has 0 N–H and O–H groups in total. The lowest BCUT2D eigenvalue weighted by atomic mass is 10.0. The summed E-state index contributed by atoms with van der Waals surface area (Å²) in [5.74, 6) is 0.895. The fourth-order valence-electron chi connectivity index (χ4n) is 2.90. The Morgan fingerprint density at radius 3 is 2.87 bits per heavy atom. The van der Waals surface area contributed by atoms with Crippen molar-refractivity contribution in [1.82, 2.24) is 9.80 Å². The van der Waals surface area contributed by atoms with E-state index in [1.165, 1.54) is 0 Å². The van der Waals surface area contributed by atoms with Crippen LogP contribution in [0.25, 0.3) is 6.08 Å². The molecule has 3 heterocycles. The Kier molecular flexibility index (Phi) is 5.31. The molecule has 1 amide bonds. The molecule has 0 aliphatic carbocycles. The lowest BCUT2D eigenvalue weighted by Crippen LogP contribution is -2.45. The highest BCUT2D eigenvalue weighted by Crippen LogP contribution is 2.20. The number of nitrogens with zero attached hydrogens (tertiary/aromatic N) is 2. The van der Waals surface area contributed by atoms with E-state index in [9.17, 15) is 4.79 Å². The molecule has 0 atom stereocenters. The molecule has 4 nitrogen and oxygen atoms in total. The van der Waals surface area contributed by atoms with Crippen molar-refractivity contribution in [3.8, 4) is 0 Å². The number of thiophene rings is 1. The summed E-state index contributed by atoms with van der Waals surface area (Å²) in [5, 5.41) is 2.02. The smallest absolute Gasteiger partial charge is 0.247 e. The van der Waals surface area contributed by atoms with Gasteiger partial charge in [0, 0.05) is 17.0 Å². The first-order valence-electron chi connectivity index (χ1n) is 7.95. The summed E-state index contributed by atoms with van der Waals surface area (Å²) < 4.78 is 5.45. The van der Waals surface area contributed by atoms with Crippen molar-refractivity contribution in [3.05, 3.63) is 52.6 Å². The second-order valence-electron chi connectivity index (χ2n) is 5.93. The molecule has 1 saturated heterocycles. The van der Waals surface area contributed by atoms with Crippen molar-refractivity contribution < 1.29 is 9.21 Å². The van der Waals surface area contributed by atoms with E-state index in [0.717, 1.165) is 36.6 Å². The molecule has 0 unspecified atom stereocenters. The molecule has 0 spiro atoms. The number of likely N-dealkylation sites (tertiary alicyclic amines) is 1. The molecule has 0 radical (unpaired) electrons. The fraction of sp³-hybridized carbons (Fsp3) is 0.389. The van der Waals surface area contributed by atoms with Crippen LogP contribution in [0, 0.1) is 0 Å². The van der Waals surface area contributed by atoms with Crippen LogP contribution in [0.5, 0.6) is 0 Å². The number of carbonyl (C=O) groups is 1. The maximum atomic E-state index is 12.7. The Morgan fingerprint density at radius 1 is 1.39 bits per heavy atom. The monoisotopic (exact) mass is 330 g/mol. The van der Waals surface area contributed by atoms with Gasteiger partial charge in [0.25, 0.3) is 0 Å². The zero-order valence-electron chi connectivity index (χ0n) is 13.4. The summed E-state index contributed by atoms with van der Waals surface area (Å²) in [7, 11) is 2.13. The SMILES string of the molecule is CN1CCC(N(Cc2ccco2)C(=O)/C=C/c2cccs2)CC1. The zero-order chi connectivity index (χ0) is 16.1. The Balaban J connectivity index is 1.72. The van der Waals surface area contributed by atoms with Gasteiger partial charge in [-0.2, -0.15) is 0 Å². The van der Waals surface area contributed by atoms with Gasteiger partial charge in [0.1, 0.15) is 5.76 Å². The normalized spacial score (nSPS) is 16.9. The van der Waals surface area contributed by atoms with Crippen molar-refractivity contribution in [1.29, 1.82) is 0 Å². The number of hydrogen-bond donors (Lipinski definition) is 0. The van der Waals surface area contributed by atoms with Crippen LogP contribution >= 0.6 is 11.3 Å². The molecule has 1 fully saturated rings. The quantitative estimate of drug-likeness (QED) is 0.788. The highest BCUT2D eigenvalue weighted by molar-refractivity contribution is 7.10. The number of hydrogen-bond acceptors (Lipinski definition) is 4.